The number of rotatable bonds is 5. The molecule has 0 saturated carbocycles. The highest BCUT2D eigenvalue weighted by Gasteiger charge is 2.18. The monoisotopic (exact) mass is 377 g/mol. The van der Waals surface area contributed by atoms with Gasteiger partial charge in [0.2, 0.25) is 0 Å². The Morgan fingerprint density at radius 3 is 2.57 bits per heavy atom. The quantitative estimate of drug-likeness (QED) is 0.807. The Morgan fingerprint density at radius 2 is 1.87 bits per heavy atom. The summed E-state index contributed by atoms with van der Waals surface area (Å²) in [5.74, 6) is -0.300. The van der Waals surface area contributed by atoms with E-state index in [2.05, 4.69) is 21.2 Å². The number of hydrogen-bond acceptors (Lipinski definition) is 4. The Kier molecular flexibility index (Phi) is 5.76. The van der Waals surface area contributed by atoms with Crippen LogP contribution < -0.4 is 10.1 Å². The average molecular weight is 378 g/mol. The zero-order valence-electron chi connectivity index (χ0n) is 12.7. The maximum atomic E-state index is 12.3. The van der Waals surface area contributed by atoms with E-state index >= 15 is 0 Å². The van der Waals surface area contributed by atoms with Gasteiger partial charge in [-0.1, -0.05) is 34.1 Å². The molecule has 0 aliphatic carbocycles. The summed E-state index contributed by atoms with van der Waals surface area (Å²) >= 11 is 3.34. The van der Waals surface area contributed by atoms with Crippen LogP contribution in [0.3, 0.4) is 0 Å². The molecule has 0 fully saturated rings. The predicted molar refractivity (Wildman–Crippen MR) is 90.6 cm³/mol. The number of amides is 1. The minimum atomic E-state index is -0.727. The van der Waals surface area contributed by atoms with Crippen molar-refractivity contribution in [3.8, 4) is 5.75 Å². The molecule has 1 unspecified atom stereocenters. The predicted octanol–water partition coefficient (Wildman–Crippen LogP) is 3.64. The normalized spacial score (nSPS) is 11.4. The van der Waals surface area contributed by atoms with Crippen LogP contribution >= 0.6 is 15.9 Å². The van der Waals surface area contributed by atoms with E-state index in [1.54, 1.807) is 43.3 Å². The van der Waals surface area contributed by atoms with Crippen LogP contribution in [0.15, 0.2) is 53.0 Å². The number of carbonyl (C=O) groups is 2. The van der Waals surface area contributed by atoms with Gasteiger partial charge in [0.25, 0.3) is 5.91 Å². The lowest BCUT2D eigenvalue weighted by Crippen LogP contribution is -2.30. The van der Waals surface area contributed by atoms with Crippen molar-refractivity contribution in [3.05, 3.63) is 58.6 Å². The van der Waals surface area contributed by atoms with Crippen molar-refractivity contribution in [1.82, 2.24) is 0 Å². The molecule has 0 aliphatic heterocycles. The maximum Gasteiger partial charge on any atom is 0.339 e. The van der Waals surface area contributed by atoms with Crippen LogP contribution in [0, 0.1) is 0 Å². The maximum absolute atomic E-state index is 12.3. The third-order valence-corrected chi connectivity index (χ3v) is 3.56. The number of para-hydroxylation sites is 1. The van der Waals surface area contributed by atoms with Crippen LogP contribution in [0.2, 0.25) is 0 Å². The van der Waals surface area contributed by atoms with Gasteiger partial charge in [-0.05, 0) is 37.3 Å². The van der Waals surface area contributed by atoms with E-state index in [1.165, 1.54) is 7.11 Å². The van der Waals surface area contributed by atoms with Gasteiger partial charge in [-0.3, -0.25) is 4.79 Å². The lowest BCUT2D eigenvalue weighted by atomic mass is 10.1. The van der Waals surface area contributed by atoms with Gasteiger partial charge in [-0.15, -0.1) is 0 Å². The molecule has 0 saturated heterocycles. The van der Waals surface area contributed by atoms with Gasteiger partial charge in [0.1, 0.15) is 5.75 Å². The van der Waals surface area contributed by atoms with Gasteiger partial charge in [0.15, 0.2) is 6.10 Å². The Balaban J connectivity index is 2.08. The molecule has 2 aromatic carbocycles. The van der Waals surface area contributed by atoms with Gasteiger partial charge < -0.3 is 14.8 Å². The van der Waals surface area contributed by atoms with Gasteiger partial charge in [0.05, 0.1) is 18.4 Å². The lowest BCUT2D eigenvalue weighted by molar-refractivity contribution is -0.122. The van der Waals surface area contributed by atoms with Crippen LogP contribution in [0.5, 0.6) is 5.75 Å². The highest BCUT2D eigenvalue weighted by Crippen LogP contribution is 2.20. The summed E-state index contributed by atoms with van der Waals surface area (Å²) in [6.45, 7) is 1.64. The largest absolute Gasteiger partial charge is 0.481 e. The SMILES string of the molecule is COC(=O)c1ccccc1NC(=O)C(C)Oc1cccc(Br)c1. The van der Waals surface area contributed by atoms with Gasteiger partial charge in [-0.25, -0.2) is 4.79 Å². The van der Waals surface area contributed by atoms with Crippen molar-refractivity contribution in [2.24, 2.45) is 0 Å². The number of methoxy groups -OCH3 is 1. The number of halogens is 1. The fraction of sp³-hybridized carbons (Fsp3) is 0.176. The number of benzene rings is 2. The number of carbonyl (C=O) groups excluding carboxylic acids is 2. The second-order valence-electron chi connectivity index (χ2n) is 4.74. The van der Waals surface area contributed by atoms with E-state index in [1.807, 2.05) is 12.1 Å². The highest BCUT2D eigenvalue weighted by atomic mass is 79.9. The third-order valence-electron chi connectivity index (χ3n) is 3.07. The first-order valence-electron chi connectivity index (χ1n) is 6.91. The average Bonchev–Trinajstić information content (AvgIpc) is 2.54. The molecule has 2 aromatic rings. The molecule has 0 aliphatic rings. The van der Waals surface area contributed by atoms with Gasteiger partial charge in [0, 0.05) is 4.47 Å². The minimum absolute atomic E-state index is 0.290. The molecule has 1 N–H and O–H groups in total. The summed E-state index contributed by atoms with van der Waals surface area (Å²) in [6.07, 6.45) is -0.727. The van der Waals surface area contributed by atoms with E-state index in [-0.39, 0.29) is 11.5 Å². The summed E-state index contributed by atoms with van der Waals surface area (Å²) in [4.78, 5) is 24.0. The molecule has 0 heterocycles. The molecular formula is C17H16BrNO4. The first-order chi connectivity index (χ1) is 11.0. The number of hydrogen-bond donors (Lipinski definition) is 1. The van der Waals surface area contributed by atoms with Crippen LogP contribution in [0.1, 0.15) is 17.3 Å². The molecule has 1 atom stereocenters. The number of nitrogens with one attached hydrogen (secondary N) is 1. The van der Waals surface area contributed by atoms with Gasteiger partial charge in [-0.2, -0.15) is 0 Å². The molecule has 0 radical (unpaired) electrons. The van der Waals surface area contributed by atoms with E-state index in [4.69, 9.17) is 9.47 Å². The van der Waals surface area contributed by atoms with E-state index < -0.39 is 12.1 Å². The first kappa shape index (κ1) is 17.0. The smallest absolute Gasteiger partial charge is 0.339 e. The van der Waals surface area contributed by atoms with E-state index in [0.29, 0.717) is 11.4 Å². The molecule has 0 aromatic heterocycles. The van der Waals surface area contributed by atoms with Gasteiger partial charge >= 0.3 is 5.97 Å². The molecular weight excluding hydrogens is 362 g/mol. The van der Waals surface area contributed by atoms with E-state index in [9.17, 15) is 9.59 Å². The summed E-state index contributed by atoms with van der Waals surface area (Å²) in [5.41, 5.74) is 0.673. The Bertz CT molecular complexity index is 717. The van der Waals surface area contributed by atoms with Crippen LogP contribution in [-0.2, 0) is 9.53 Å². The number of esters is 1. The molecule has 120 valence electrons. The molecule has 1 amide bonds. The summed E-state index contributed by atoms with van der Waals surface area (Å²) in [5, 5.41) is 2.68. The highest BCUT2D eigenvalue weighted by molar-refractivity contribution is 9.10. The van der Waals surface area contributed by atoms with Crippen molar-refractivity contribution in [1.29, 1.82) is 0 Å². The van der Waals surface area contributed by atoms with Crippen molar-refractivity contribution in [3.63, 3.8) is 0 Å². The van der Waals surface area contributed by atoms with Crippen LogP contribution in [0.25, 0.3) is 0 Å². The van der Waals surface area contributed by atoms with Crippen molar-refractivity contribution in [2.75, 3.05) is 12.4 Å². The summed E-state index contributed by atoms with van der Waals surface area (Å²) in [6, 6.07) is 13.9. The second-order valence-corrected chi connectivity index (χ2v) is 5.66. The lowest BCUT2D eigenvalue weighted by Gasteiger charge is -2.16. The topological polar surface area (TPSA) is 64.6 Å². The first-order valence-corrected chi connectivity index (χ1v) is 7.71. The third kappa shape index (κ3) is 4.56. The fourth-order valence-electron chi connectivity index (χ4n) is 1.91. The fourth-order valence-corrected chi connectivity index (χ4v) is 2.29. The summed E-state index contributed by atoms with van der Waals surface area (Å²) < 4.78 is 11.2. The zero-order chi connectivity index (χ0) is 16.8. The van der Waals surface area contributed by atoms with E-state index in [0.717, 1.165) is 4.47 Å². The standard InChI is InChI=1S/C17H16BrNO4/c1-11(23-13-7-5-6-12(18)10-13)16(20)19-15-9-4-3-8-14(15)17(21)22-2/h3-11H,1-2H3,(H,19,20). The molecule has 0 bridgehead atoms. The Morgan fingerprint density at radius 1 is 1.13 bits per heavy atom. The molecule has 0 spiro atoms. The molecule has 2 rings (SSSR count). The van der Waals surface area contributed by atoms with Crippen molar-refractivity contribution in [2.45, 2.75) is 13.0 Å². The van der Waals surface area contributed by atoms with Crippen molar-refractivity contribution < 1.29 is 19.1 Å². The Hall–Kier alpha value is -2.34. The van der Waals surface area contributed by atoms with Crippen LogP contribution in [-0.4, -0.2) is 25.1 Å². The molecule has 23 heavy (non-hydrogen) atoms. The number of ether oxygens (including phenoxy) is 2. The zero-order valence-corrected chi connectivity index (χ0v) is 14.3. The second kappa shape index (κ2) is 7.78. The summed E-state index contributed by atoms with van der Waals surface area (Å²) in [7, 11) is 1.29. The Labute approximate surface area is 142 Å². The van der Waals surface area contributed by atoms with Crippen LogP contribution in [0.4, 0.5) is 5.69 Å². The molecule has 6 heteroatoms. The number of anilines is 1. The minimum Gasteiger partial charge on any atom is -0.481 e. The molecule has 5 nitrogen and oxygen atoms in total. The van der Waals surface area contributed by atoms with Crippen molar-refractivity contribution >= 4 is 33.5 Å².